The first kappa shape index (κ1) is 22.1. The fourth-order valence-electron chi connectivity index (χ4n) is 3.91. The standard InChI is InChI=1S/C25H16ClFN2O4S/c1-33-15-9-6-13(7-10-15)22(30)20-21(16-4-2-3-5-17(16)27)29(24(32)23(20)31)25-28-18-11-8-14(26)12-19(18)34-25/h2-12,21,30H,1H3/b22-20+. The number of ketones is 1. The highest BCUT2D eigenvalue weighted by atomic mass is 35.5. The Morgan fingerprint density at radius 2 is 1.85 bits per heavy atom. The number of rotatable bonds is 4. The summed E-state index contributed by atoms with van der Waals surface area (Å²) in [5.41, 5.74) is 0.705. The Labute approximate surface area is 202 Å². The fourth-order valence-corrected chi connectivity index (χ4v) is 5.18. The molecule has 1 aliphatic heterocycles. The number of methoxy groups -OCH3 is 1. The van der Waals surface area contributed by atoms with Crippen LogP contribution in [0.25, 0.3) is 16.0 Å². The molecule has 1 saturated heterocycles. The van der Waals surface area contributed by atoms with Crippen molar-refractivity contribution in [2.45, 2.75) is 6.04 Å². The molecule has 1 aliphatic rings. The Kier molecular flexibility index (Phi) is 5.55. The van der Waals surface area contributed by atoms with Gasteiger partial charge in [-0.3, -0.25) is 14.5 Å². The topological polar surface area (TPSA) is 79.7 Å². The summed E-state index contributed by atoms with van der Waals surface area (Å²) in [7, 11) is 1.50. The lowest BCUT2D eigenvalue weighted by Crippen LogP contribution is -2.29. The second kappa shape index (κ2) is 8.55. The number of halogens is 2. The molecule has 1 fully saturated rings. The predicted molar refractivity (Wildman–Crippen MR) is 129 cm³/mol. The quantitative estimate of drug-likeness (QED) is 0.223. The third-order valence-electron chi connectivity index (χ3n) is 5.55. The van der Waals surface area contributed by atoms with E-state index < -0.39 is 29.3 Å². The lowest BCUT2D eigenvalue weighted by atomic mass is 9.95. The van der Waals surface area contributed by atoms with E-state index in [1.165, 1.54) is 25.3 Å². The number of fused-ring (bicyclic) bond motifs is 1. The number of Topliss-reactive ketones (excluding diaryl/α,β-unsaturated/α-hetero) is 1. The molecule has 0 radical (unpaired) electrons. The number of aromatic nitrogens is 1. The SMILES string of the molecule is COc1ccc(/C(O)=C2\C(=O)C(=O)N(c3nc4ccc(Cl)cc4s3)C2c2ccccc2F)cc1. The van der Waals surface area contributed by atoms with Crippen LogP contribution < -0.4 is 9.64 Å². The Balaban J connectivity index is 1.73. The number of carbonyl (C=O) groups is 2. The van der Waals surface area contributed by atoms with Crippen LogP contribution in [0.2, 0.25) is 5.02 Å². The van der Waals surface area contributed by atoms with Crippen LogP contribution in [0.5, 0.6) is 5.75 Å². The Morgan fingerprint density at radius 1 is 1.12 bits per heavy atom. The molecule has 4 aromatic rings. The molecule has 1 atom stereocenters. The highest BCUT2D eigenvalue weighted by Gasteiger charge is 2.49. The Hall–Kier alpha value is -3.75. The van der Waals surface area contributed by atoms with Crippen LogP contribution >= 0.6 is 22.9 Å². The summed E-state index contributed by atoms with van der Waals surface area (Å²) in [6.07, 6.45) is 0. The maximum absolute atomic E-state index is 15.0. The molecule has 0 bridgehead atoms. The van der Waals surface area contributed by atoms with Crippen LogP contribution in [0.15, 0.2) is 72.3 Å². The van der Waals surface area contributed by atoms with Crippen LogP contribution in [-0.4, -0.2) is 28.9 Å². The number of carbonyl (C=O) groups excluding carboxylic acids is 2. The third-order valence-corrected chi connectivity index (χ3v) is 6.81. The predicted octanol–water partition coefficient (Wildman–Crippen LogP) is 5.72. The van der Waals surface area contributed by atoms with Crippen molar-refractivity contribution in [3.63, 3.8) is 0 Å². The van der Waals surface area contributed by atoms with Crippen molar-refractivity contribution in [3.8, 4) is 5.75 Å². The van der Waals surface area contributed by atoms with Crippen molar-refractivity contribution in [1.82, 2.24) is 4.98 Å². The number of ether oxygens (including phenoxy) is 1. The molecule has 1 amide bonds. The van der Waals surface area contributed by atoms with Gasteiger partial charge in [-0.2, -0.15) is 0 Å². The molecule has 2 heterocycles. The number of benzene rings is 3. The van der Waals surface area contributed by atoms with Crippen molar-refractivity contribution in [2.75, 3.05) is 12.0 Å². The van der Waals surface area contributed by atoms with E-state index in [2.05, 4.69) is 4.98 Å². The summed E-state index contributed by atoms with van der Waals surface area (Å²) < 4.78 is 20.8. The highest BCUT2D eigenvalue weighted by molar-refractivity contribution is 7.22. The number of nitrogens with zero attached hydrogens (tertiary/aromatic N) is 2. The van der Waals surface area contributed by atoms with Crippen LogP contribution in [0.3, 0.4) is 0 Å². The molecule has 5 rings (SSSR count). The molecule has 1 aromatic heterocycles. The molecule has 0 spiro atoms. The monoisotopic (exact) mass is 494 g/mol. The molecular weight excluding hydrogens is 479 g/mol. The van der Waals surface area contributed by atoms with Crippen molar-refractivity contribution in [1.29, 1.82) is 0 Å². The van der Waals surface area contributed by atoms with E-state index in [9.17, 15) is 19.1 Å². The molecule has 1 unspecified atom stereocenters. The number of amides is 1. The fraction of sp³-hybridized carbons (Fsp3) is 0.0800. The van der Waals surface area contributed by atoms with Gasteiger partial charge >= 0.3 is 5.91 Å². The normalized spacial score (nSPS) is 17.5. The van der Waals surface area contributed by atoms with E-state index >= 15 is 0 Å². The summed E-state index contributed by atoms with van der Waals surface area (Å²) in [6.45, 7) is 0. The maximum atomic E-state index is 15.0. The average molecular weight is 495 g/mol. The summed E-state index contributed by atoms with van der Waals surface area (Å²) in [5.74, 6) is -2.33. The number of thiazole rings is 1. The van der Waals surface area contributed by atoms with Gasteiger partial charge in [-0.15, -0.1) is 0 Å². The Bertz CT molecular complexity index is 1480. The van der Waals surface area contributed by atoms with E-state index in [4.69, 9.17) is 16.3 Å². The minimum atomic E-state index is -1.21. The molecule has 0 aliphatic carbocycles. The molecule has 0 saturated carbocycles. The molecule has 3 aromatic carbocycles. The summed E-state index contributed by atoms with van der Waals surface area (Å²) in [6, 6.07) is 16.0. The number of hydrogen-bond donors (Lipinski definition) is 1. The van der Waals surface area contributed by atoms with Crippen LogP contribution in [0.4, 0.5) is 9.52 Å². The van der Waals surface area contributed by atoms with Gasteiger partial charge in [0.05, 0.1) is 22.9 Å². The first-order chi connectivity index (χ1) is 16.4. The zero-order valence-electron chi connectivity index (χ0n) is 17.7. The molecule has 1 N–H and O–H groups in total. The van der Waals surface area contributed by atoms with Crippen molar-refractivity contribution < 1.29 is 23.8 Å². The average Bonchev–Trinajstić information content (AvgIpc) is 3.36. The van der Waals surface area contributed by atoms with Crippen molar-refractivity contribution >= 4 is 55.7 Å². The summed E-state index contributed by atoms with van der Waals surface area (Å²) in [5, 5.41) is 11.8. The number of aliphatic hydroxyl groups excluding tert-OH is 1. The second-order valence-electron chi connectivity index (χ2n) is 7.53. The number of hydrogen-bond acceptors (Lipinski definition) is 6. The first-order valence-corrected chi connectivity index (χ1v) is 11.3. The summed E-state index contributed by atoms with van der Waals surface area (Å²) in [4.78, 5) is 32.0. The molecule has 9 heteroatoms. The molecular formula is C25H16ClFN2O4S. The van der Waals surface area contributed by atoms with Gasteiger partial charge in [0, 0.05) is 16.1 Å². The van der Waals surface area contributed by atoms with Gasteiger partial charge in [0.2, 0.25) is 0 Å². The van der Waals surface area contributed by atoms with Crippen molar-refractivity contribution in [2.24, 2.45) is 0 Å². The van der Waals surface area contributed by atoms with Crippen LogP contribution in [-0.2, 0) is 9.59 Å². The van der Waals surface area contributed by atoms with E-state index in [1.54, 1.807) is 48.5 Å². The largest absolute Gasteiger partial charge is 0.507 e. The first-order valence-electron chi connectivity index (χ1n) is 10.1. The van der Waals surface area contributed by atoms with Crippen LogP contribution in [0.1, 0.15) is 17.2 Å². The minimum absolute atomic E-state index is 0.0639. The molecule has 6 nitrogen and oxygen atoms in total. The van der Waals surface area contributed by atoms with Gasteiger partial charge in [-0.05, 0) is 48.5 Å². The Morgan fingerprint density at radius 3 is 2.56 bits per heavy atom. The van der Waals surface area contributed by atoms with Gasteiger partial charge in [-0.25, -0.2) is 9.37 Å². The van der Waals surface area contributed by atoms with Gasteiger partial charge in [-0.1, -0.05) is 41.1 Å². The minimum Gasteiger partial charge on any atom is -0.507 e. The van der Waals surface area contributed by atoms with E-state index in [0.29, 0.717) is 21.0 Å². The van der Waals surface area contributed by atoms with Gasteiger partial charge in [0.15, 0.2) is 5.13 Å². The van der Waals surface area contributed by atoms with Gasteiger partial charge in [0.1, 0.15) is 23.4 Å². The maximum Gasteiger partial charge on any atom is 0.301 e. The van der Waals surface area contributed by atoms with E-state index in [1.807, 2.05) is 0 Å². The van der Waals surface area contributed by atoms with E-state index in [-0.39, 0.29) is 21.8 Å². The molecule has 34 heavy (non-hydrogen) atoms. The highest BCUT2D eigenvalue weighted by Crippen LogP contribution is 2.45. The zero-order chi connectivity index (χ0) is 24.0. The smallest absolute Gasteiger partial charge is 0.301 e. The van der Waals surface area contributed by atoms with Gasteiger partial charge < -0.3 is 9.84 Å². The second-order valence-corrected chi connectivity index (χ2v) is 8.97. The van der Waals surface area contributed by atoms with Gasteiger partial charge in [0.25, 0.3) is 5.78 Å². The summed E-state index contributed by atoms with van der Waals surface area (Å²) >= 11 is 7.23. The lowest BCUT2D eigenvalue weighted by molar-refractivity contribution is -0.132. The van der Waals surface area contributed by atoms with Crippen LogP contribution in [0, 0.1) is 5.82 Å². The lowest BCUT2D eigenvalue weighted by Gasteiger charge is -2.23. The van der Waals surface area contributed by atoms with Crippen molar-refractivity contribution in [3.05, 3.63) is 94.3 Å². The zero-order valence-corrected chi connectivity index (χ0v) is 19.2. The number of aliphatic hydroxyl groups is 1. The number of anilines is 1. The molecule has 170 valence electrons. The van der Waals surface area contributed by atoms with E-state index in [0.717, 1.165) is 16.2 Å². The third kappa shape index (κ3) is 3.61.